The highest BCUT2D eigenvalue weighted by atomic mass is 79.9. The van der Waals surface area contributed by atoms with Crippen LogP contribution >= 0.6 is 31.9 Å². The first-order valence-electron chi connectivity index (χ1n) is 7.84. The van der Waals surface area contributed by atoms with Gasteiger partial charge in [0.1, 0.15) is 4.47 Å². The van der Waals surface area contributed by atoms with Gasteiger partial charge in [0.15, 0.2) is 5.52 Å². The SMILES string of the molecule is CC(C)n1c(N2CCNC[C@@H]2C)nc2c([N+](=O)[O-])c(Br)c(Br)cc21. The highest BCUT2D eigenvalue weighted by molar-refractivity contribution is 9.13. The predicted octanol–water partition coefficient (Wildman–Crippen LogP) is 3.85. The van der Waals surface area contributed by atoms with E-state index < -0.39 is 0 Å². The summed E-state index contributed by atoms with van der Waals surface area (Å²) < 4.78 is 3.16. The van der Waals surface area contributed by atoms with Gasteiger partial charge in [0.2, 0.25) is 5.95 Å². The fraction of sp³-hybridized carbons (Fsp3) is 0.533. The molecule has 1 aliphatic heterocycles. The number of aromatic nitrogens is 2. The lowest BCUT2D eigenvalue weighted by Crippen LogP contribution is -2.50. The molecule has 3 rings (SSSR count). The summed E-state index contributed by atoms with van der Waals surface area (Å²) in [6, 6.07) is 2.31. The number of nitro benzene ring substituents is 1. The predicted molar refractivity (Wildman–Crippen MR) is 102 cm³/mol. The molecule has 24 heavy (non-hydrogen) atoms. The maximum absolute atomic E-state index is 11.6. The van der Waals surface area contributed by atoms with Crippen LogP contribution < -0.4 is 10.2 Å². The number of imidazole rings is 1. The number of benzene rings is 1. The van der Waals surface area contributed by atoms with E-state index in [1.165, 1.54) is 0 Å². The molecule has 1 aromatic heterocycles. The van der Waals surface area contributed by atoms with Gasteiger partial charge in [-0.25, -0.2) is 4.98 Å². The molecule has 2 aromatic rings. The average molecular weight is 461 g/mol. The minimum atomic E-state index is -0.375. The molecule has 1 fully saturated rings. The third-order valence-corrected chi connectivity index (χ3v) is 6.25. The number of anilines is 1. The Bertz CT molecular complexity index is 805. The van der Waals surface area contributed by atoms with E-state index in [1.54, 1.807) is 0 Å². The van der Waals surface area contributed by atoms with Crippen molar-refractivity contribution in [1.82, 2.24) is 14.9 Å². The average Bonchev–Trinajstić information content (AvgIpc) is 2.86. The molecule has 9 heteroatoms. The summed E-state index contributed by atoms with van der Waals surface area (Å²) in [5.41, 5.74) is 1.19. The number of nitrogens with zero attached hydrogens (tertiary/aromatic N) is 4. The fourth-order valence-corrected chi connectivity index (χ4v) is 4.01. The zero-order valence-electron chi connectivity index (χ0n) is 13.7. The summed E-state index contributed by atoms with van der Waals surface area (Å²) in [7, 11) is 0. The summed E-state index contributed by atoms with van der Waals surface area (Å²) in [5.74, 6) is 0.794. The number of nitrogens with one attached hydrogen (secondary N) is 1. The van der Waals surface area contributed by atoms with Gasteiger partial charge < -0.3 is 14.8 Å². The number of hydrogen-bond donors (Lipinski definition) is 1. The van der Waals surface area contributed by atoms with Crippen LogP contribution in [0.2, 0.25) is 0 Å². The van der Waals surface area contributed by atoms with Crippen LogP contribution in [0.4, 0.5) is 11.6 Å². The molecule has 130 valence electrons. The molecule has 0 spiro atoms. The number of nitro groups is 1. The first kappa shape index (κ1) is 17.6. The second-order valence-corrected chi connectivity index (χ2v) is 7.92. The van der Waals surface area contributed by atoms with Crippen LogP contribution in [0.15, 0.2) is 15.0 Å². The van der Waals surface area contributed by atoms with E-state index in [9.17, 15) is 10.1 Å². The summed E-state index contributed by atoms with van der Waals surface area (Å²) in [4.78, 5) is 18.1. The lowest BCUT2D eigenvalue weighted by Gasteiger charge is -2.35. The Morgan fingerprint density at radius 1 is 1.46 bits per heavy atom. The van der Waals surface area contributed by atoms with Crippen molar-refractivity contribution >= 4 is 54.5 Å². The molecule has 1 N–H and O–H groups in total. The van der Waals surface area contributed by atoms with Crippen molar-refractivity contribution in [2.75, 3.05) is 24.5 Å². The van der Waals surface area contributed by atoms with E-state index in [1.807, 2.05) is 6.07 Å². The van der Waals surface area contributed by atoms with Crippen LogP contribution in [0.3, 0.4) is 0 Å². The molecular weight excluding hydrogens is 442 g/mol. The maximum Gasteiger partial charge on any atom is 0.312 e. The third kappa shape index (κ3) is 2.82. The van der Waals surface area contributed by atoms with Crippen LogP contribution in [0.1, 0.15) is 26.8 Å². The summed E-state index contributed by atoms with van der Waals surface area (Å²) >= 11 is 6.74. The molecule has 0 radical (unpaired) electrons. The Morgan fingerprint density at radius 3 is 2.75 bits per heavy atom. The van der Waals surface area contributed by atoms with Gasteiger partial charge >= 0.3 is 5.69 Å². The highest BCUT2D eigenvalue weighted by Gasteiger charge is 2.30. The Hall–Kier alpha value is -1.19. The molecular formula is C15H19Br2N5O2. The smallest absolute Gasteiger partial charge is 0.312 e. The van der Waals surface area contributed by atoms with Crippen LogP contribution in [0, 0.1) is 10.1 Å². The molecule has 0 aliphatic carbocycles. The number of hydrogen-bond acceptors (Lipinski definition) is 5. The van der Waals surface area contributed by atoms with Gasteiger partial charge in [0, 0.05) is 36.2 Å². The molecule has 0 bridgehead atoms. The highest BCUT2D eigenvalue weighted by Crippen LogP contribution is 2.41. The Balaban J connectivity index is 2.32. The molecule has 0 amide bonds. The summed E-state index contributed by atoms with van der Waals surface area (Å²) in [5, 5.41) is 15.0. The minimum absolute atomic E-state index is 0.00260. The third-order valence-electron chi connectivity index (χ3n) is 4.29. The van der Waals surface area contributed by atoms with Gasteiger partial charge in [-0.3, -0.25) is 10.1 Å². The van der Waals surface area contributed by atoms with Gasteiger partial charge in [-0.1, -0.05) is 0 Å². The van der Waals surface area contributed by atoms with E-state index in [0.717, 1.165) is 31.1 Å². The largest absolute Gasteiger partial charge is 0.337 e. The first-order valence-corrected chi connectivity index (χ1v) is 9.43. The second-order valence-electron chi connectivity index (χ2n) is 6.27. The van der Waals surface area contributed by atoms with Crippen molar-refractivity contribution < 1.29 is 4.92 Å². The molecule has 0 unspecified atom stereocenters. The Kier molecular flexibility index (Phi) is 4.85. The maximum atomic E-state index is 11.6. The van der Waals surface area contributed by atoms with Gasteiger partial charge in [-0.2, -0.15) is 0 Å². The number of halogens is 2. The standard InChI is InChI=1S/C15H19Br2N5O2/c1-8(2)21-11-6-10(16)12(17)14(22(23)24)13(11)19-15(21)20-5-4-18-7-9(20)3/h6,8-9,18H,4-5,7H2,1-3H3/t9-/m0/s1. The van der Waals surface area contributed by atoms with E-state index in [2.05, 4.69) is 67.4 Å². The van der Waals surface area contributed by atoms with E-state index in [-0.39, 0.29) is 22.7 Å². The zero-order valence-corrected chi connectivity index (χ0v) is 16.9. The quantitative estimate of drug-likeness (QED) is 0.556. The lowest BCUT2D eigenvalue weighted by atomic mass is 10.2. The van der Waals surface area contributed by atoms with Crippen molar-refractivity contribution in [1.29, 1.82) is 0 Å². The van der Waals surface area contributed by atoms with Crippen molar-refractivity contribution in [3.05, 3.63) is 25.1 Å². The molecule has 1 aliphatic rings. The van der Waals surface area contributed by atoms with Gasteiger partial charge in [-0.05, 0) is 58.7 Å². The van der Waals surface area contributed by atoms with Crippen molar-refractivity contribution in [2.24, 2.45) is 0 Å². The van der Waals surface area contributed by atoms with Gasteiger partial charge in [-0.15, -0.1) is 0 Å². The van der Waals surface area contributed by atoms with Gasteiger partial charge in [0.05, 0.1) is 10.4 Å². The van der Waals surface area contributed by atoms with Crippen LogP contribution in [-0.2, 0) is 0 Å². The lowest BCUT2D eigenvalue weighted by molar-refractivity contribution is -0.384. The van der Waals surface area contributed by atoms with Crippen molar-refractivity contribution in [2.45, 2.75) is 32.9 Å². The number of piperazine rings is 1. The van der Waals surface area contributed by atoms with Crippen LogP contribution in [-0.4, -0.2) is 40.2 Å². The molecule has 1 atom stereocenters. The topological polar surface area (TPSA) is 76.2 Å². The molecule has 1 saturated heterocycles. The molecule has 0 saturated carbocycles. The zero-order chi connectivity index (χ0) is 17.6. The number of fused-ring (bicyclic) bond motifs is 1. The van der Waals surface area contributed by atoms with E-state index >= 15 is 0 Å². The monoisotopic (exact) mass is 459 g/mol. The summed E-state index contributed by atoms with van der Waals surface area (Å²) in [6.07, 6.45) is 0. The summed E-state index contributed by atoms with van der Waals surface area (Å²) in [6.45, 7) is 8.85. The molecule has 2 heterocycles. The minimum Gasteiger partial charge on any atom is -0.337 e. The van der Waals surface area contributed by atoms with Crippen molar-refractivity contribution in [3.63, 3.8) is 0 Å². The van der Waals surface area contributed by atoms with E-state index in [4.69, 9.17) is 4.98 Å². The van der Waals surface area contributed by atoms with Crippen LogP contribution in [0.5, 0.6) is 0 Å². The first-order chi connectivity index (χ1) is 11.3. The van der Waals surface area contributed by atoms with Crippen molar-refractivity contribution in [3.8, 4) is 0 Å². The van der Waals surface area contributed by atoms with Crippen LogP contribution in [0.25, 0.3) is 11.0 Å². The van der Waals surface area contributed by atoms with E-state index in [0.29, 0.717) is 14.5 Å². The Labute approximate surface area is 156 Å². The fourth-order valence-electron chi connectivity index (χ4n) is 3.16. The molecule has 7 nitrogen and oxygen atoms in total. The molecule has 1 aromatic carbocycles. The Morgan fingerprint density at radius 2 is 2.17 bits per heavy atom. The van der Waals surface area contributed by atoms with Gasteiger partial charge in [0.25, 0.3) is 0 Å². The second kappa shape index (κ2) is 6.61. The number of rotatable bonds is 3. The normalized spacial score (nSPS) is 18.6.